The molecule has 0 heterocycles. The highest BCUT2D eigenvalue weighted by molar-refractivity contribution is 7.75. The second-order valence-corrected chi connectivity index (χ2v) is 10.1. The molecule has 0 aliphatic heterocycles. The molecule has 0 aliphatic carbocycles. The van der Waals surface area contributed by atoms with Crippen molar-refractivity contribution in [2.75, 3.05) is 24.6 Å². The lowest BCUT2D eigenvalue weighted by molar-refractivity contribution is 0.814. The minimum atomic E-state index is -0.562. The van der Waals surface area contributed by atoms with Crippen molar-refractivity contribution in [2.45, 2.75) is 79.1 Å². The van der Waals surface area contributed by atoms with Crippen LogP contribution in [0.4, 0.5) is 0 Å². The van der Waals surface area contributed by atoms with Gasteiger partial charge in [-0.15, -0.1) is 0 Å². The molecule has 2 heteroatoms. The maximum atomic E-state index is 2.36. The maximum Gasteiger partial charge on any atom is 0.0594 e. The summed E-state index contributed by atoms with van der Waals surface area (Å²) in [5.74, 6) is 0. The van der Waals surface area contributed by atoms with Gasteiger partial charge in [0.15, 0.2) is 0 Å². The zero-order valence-electron chi connectivity index (χ0n) is 13.4. The Hall–Kier alpha value is 0.780. The first-order valence-corrected chi connectivity index (χ1v) is 10.6. The summed E-state index contributed by atoms with van der Waals surface area (Å²) in [7, 11) is -0.562. The third kappa shape index (κ3) is 9.68. The third-order valence-corrected chi connectivity index (χ3v) is 9.00. The largest absolute Gasteiger partial charge is 0.197 e. The average Bonchev–Trinajstić information content (AvgIpc) is 2.37. The molecule has 0 N–H and O–H groups in total. The quantitative estimate of drug-likeness (QED) is 0.369. The van der Waals surface area contributed by atoms with Gasteiger partial charge in [-0.3, -0.25) is 0 Å². The minimum absolute atomic E-state index is 0. The van der Waals surface area contributed by atoms with Gasteiger partial charge in [-0.05, 0) is 25.7 Å². The summed E-state index contributed by atoms with van der Waals surface area (Å²) in [5.41, 5.74) is 0. The molecule has 0 saturated carbocycles. The van der Waals surface area contributed by atoms with Gasteiger partial charge in [-0.1, -0.05) is 53.4 Å². The fraction of sp³-hybridized carbons (Fsp3) is 1.00. The molecule has 0 aromatic heterocycles. The first-order valence-electron chi connectivity index (χ1n) is 8.09. The van der Waals surface area contributed by atoms with Crippen LogP contribution in [0.1, 0.15) is 79.1 Å². The number of hydrogen-bond donors (Lipinski definition) is 0. The highest BCUT2D eigenvalue weighted by Gasteiger charge is 2.34. The molecule has 0 bridgehead atoms. The second kappa shape index (κ2) is 14.2. The summed E-state index contributed by atoms with van der Waals surface area (Å²) in [5, 5.41) is 0. The topological polar surface area (TPSA) is 0 Å². The van der Waals surface area contributed by atoms with Gasteiger partial charge in [0.1, 0.15) is 0 Å². The smallest absolute Gasteiger partial charge is 0.0594 e. The molecule has 0 aliphatic rings. The van der Waals surface area contributed by atoms with E-state index in [-0.39, 0.29) is 13.5 Å². The molecule has 0 unspecified atom stereocenters. The zero-order valence-corrected chi connectivity index (χ0v) is 15.3. The molecule has 0 rings (SSSR count). The summed E-state index contributed by atoms with van der Waals surface area (Å²) in [6.45, 7) is 9.42. The molecule has 0 radical (unpaired) electrons. The molecule has 112 valence electrons. The molecule has 18 heavy (non-hydrogen) atoms. The van der Waals surface area contributed by atoms with Crippen LogP contribution in [0.15, 0.2) is 0 Å². The summed E-state index contributed by atoms with van der Waals surface area (Å²) in [4.78, 5) is 0. The summed E-state index contributed by atoms with van der Waals surface area (Å²) >= 11 is 0. The number of unbranched alkanes of at least 4 members (excludes halogenated alkanes) is 4. The first kappa shape index (κ1) is 21.1. The fourth-order valence-corrected chi connectivity index (χ4v) is 7.93. The van der Waals surface area contributed by atoms with Crippen molar-refractivity contribution in [2.24, 2.45) is 0 Å². The van der Waals surface area contributed by atoms with Gasteiger partial charge in [0.05, 0.1) is 24.6 Å². The highest BCUT2D eigenvalue weighted by Crippen LogP contribution is 2.61. The number of hydrogen-bond acceptors (Lipinski definition) is 0. The van der Waals surface area contributed by atoms with Crippen LogP contribution in [0, 0.1) is 0 Å². The molecule has 0 saturated heterocycles. The molecule has 0 spiro atoms. The van der Waals surface area contributed by atoms with Gasteiger partial charge < -0.3 is 0 Å². The monoisotopic (exact) mass is 293 g/mol. The van der Waals surface area contributed by atoms with E-state index < -0.39 is 7.26 Å². The molecular formula is C16H38PS+. The molecule has 0 nitrogen and oxygen atoms in total. The first-order chi connectivity index (χ1) is 8.24. The van der Waals surface area contributed by atoms with Gasteiger partial charge in [0, 0.05) is 7.26 Å². The van der Waals surface area contributed by atoms with E-state index in [9.17, 15) is 0 Å². The highest BCUT2D eigenvalue weighted by atomic mass is 32.1. The molecule has 0 amide bonds. The summed E-state index contributed by atoms with van der Waals surface area (Å²) in [6, 6.07) is 0. The Balaban J connectivity index is 0. The van der Waals surface area contributed by atoms with Crippen LogP contribution in [0.25, 0.3) is 0 Å². The van der Waals surface area contributed by atoms with Gasteiger partial charge in [-0.25, -0.2) is 0 Å². The predicted molar refractivity (Wildman–Crippen MR) is 96.4 cm³/mol. The summed E-state index contributed by atoms with van der Waals surface area (Å²) < 4.78 is 0. The normalized spacial score (nSPS) is 11.3. The van der Waals surface area contributed by atoms with Crippen molar-refractivity contribution >= 4 is 20.8 Å². The average molecular weight is 294 g/mol. The maximum absolute atomic E-state index is 2.36. The Kier molecular flexibility index (Phi) is 16.6. The standard InChI is InChI=1S/C16H36P.H2S/c1-5-9-13-17(14-10-6-2,15-11-7-3)16-12-8-4;/h5-16H2,1-4H3;1H2/q+1;. The SMILES string of the molecule is CCCC[P+](CCCC)(CCCC)CCCC.S. The van der Waals surface area contributed by atoms with Crippen LogP contribution in [0.2, 0.25) is 0 Å². The molecule has 0 atom stereocenters. The lowest BCUT2D eigenvalue weighted by atomic mass is 10.4. The van der Waals surface area contributed by atoms with Crippen molar-refractivity contribution in [1.82, 2.24) is 0 Å². The van der Waals surface area contributed by atoms with E-state index in [1.165, 1.54) is 51.4 Å². The van der Waals surface area contributed by atoms with Crippen LogP contribution in [0.5, 0.6) is 0 Å². The van der Waals surface area contributed by atoms with E-state index in [1.807, 2.05) is 0 Å². The van der Waals surface area contributed by atoms with Crippen LogP contribution in [0.3, 0.4) is 0 Å². The Bertz CT molecular complexity index is 122. The lowest BCUT2D eigenvalue weighted by Crippen LogP contribution is -2.12. The van der Waals surface area contributed by atoms with E-state index in [4.69, 9.17) is 0 Å². The predicted octanol–water partition coefficient (Wildman–Crippen LogP) is 6.32. The van der Waals surface area contributed by atoms with E-state index in [1.54, 1.807) is 24.6 Å². The molecule has 0 aromatic rings. The molecular weight excluding hydrogens is 255 g/mol. The van der Waals surface area contributed by atoms with Gasteiger partial charge in [-0.2, -0.15) is 13.5 Å². The van der Waals surface area contributed by atoms with Crippen molar-refractivity contribution < 1.29 is 0 Å². The van der Waals surface area contributed by atoms with Crippen molar-refractivity contribution in [1.29, 1.82) is 0 Å². The zero-order chi connectivity index (χ0) is 13.0. The van der Waals surface area contributed by atoms with Crippen LogP contribution >= 0.6 is 20.8 Å². The Morgan fingerprint density at radius 2 is 0.722 bits per heavy atom. The molecule has 0 fully saturated rings. The minimum Gasteiger partial charge on any atom is -0.197 e. The van der Waals surface area contributed by atoms with E-state index in [2.05, 4.69) is 27.7 Å². The van der Waals surface area contributed by atoms with Crippen LogP contribution in [-0.2, 0) is 0 Å². The van der Waals surface area contributed by atoms with Crippen molar-refractivity contribution in [3.63, 3.8) is 0 Å². The van der Waals surface area contributed by atoms with E-state index in [0.717, 1.165) is 0 Å². The second-order valence-electron chi connectivity index (χ2n) is 5.65. The van der Waals surface area contributed by atoms with Gasteiger partial charge in [0.2, 0.25) is 0 Å². The van der Waals surface area contributed by atoms with Crippen molar-refractivity contribution in [3.8, 4) is 0 Å². The van der Waals surface area contributed by atoms with Crippen LogP contribution < -0.4 is 0 Å². The van der Waals surface area contributed by atoms with Crippen LogP contribution in [-0.4, -0.2) is 24.6 Å². The third-order valence-electron chi connectivity index (χ3n) is 3.94. The summed E-state index contributed by atoms with van der Waals surface area (Å²) in [6.07, 6.45) is 17.9. The molecule has 0 aromatic carbocycles. The lowest BCUT2D eigenvalue weighted by Gasteiger charge is -2.28. The van der Waals surface area contributed by atoms with Gasteiger partial charge >= 0.3 is 0 Å². The van der Waals surface area contributed by atoms with E-state index in [0.29, 0.717) is 0 Å². The van der Waals surface area contributed by atoms with E-state index >= 15 is 0 Å². The Morgan fingerprint density at radius 3 is 0.889 bits per heavy atom. The van der Waals surface area contributed by atoms with Gasteiger partial charge in [0.25, 0.3) is 0 Å². The Labute approximate surface area is 124 Å². The fourth-order valence-electron chi connectivity index (χ4n) is 2.64. The Morgan fingerprint density at radius 1 is 0.500 bits per heavy atom. The number of rotatable bonds is 12. The van der Waals surface area contributed by atoms with Crippen molar-refractivity contribution in [3.05, 3.63) is 0 Å².